The third-order valence-electron chi connectivity index (χ3n) is 3.67. The van der Waals surface area contributed by atoms with Crippen LogP contribution in [0.25, 0.3) is 0 Å². The standard InChI is InChI=1S/C18H25N3O3/c1-6-24-15-8-7-13(9-12(15)11-22)19-17(23)14-10-16(18(2,3)4)20-21(14)5/h7-10,22H,6,11H2,1-5H3,(H,19,23). The first-order valence-electron chi connectivity index (χ1n) is 7.98. The molecular weight excluding hydrogens is 306 g/mol. The van der Waals surface area contributed by atoms with Crippen LogP contribution in [0.3, 0.4) is 0 Å². The Morgan fingerprint density at radius 2 is 2.04 bits per heavy atom. The first kappa shape index (κ1) is 18.0. The molecule has 0 atom stereocenters. The van der Waals surface area contributed by atoms with Crippen molar-refractivity contribution < 1.29 is 14.6 Å². The maximum Gasteiger partial charge on any atom is 0.273 e. The van der Waals surface area contributed by atoms with Gasteiger partial charge < -0.3 is 15.2 Å². The number of benzene rings is 1. The maximum atomic E-state index is 12.5. The van der Waals surface area contributed by atoms with Crippen molar-refractivity contribution in [3.63, 3.8) is 0 Å². The van der Waals surface area contributed by atoms with Gasteiger partial charge in [-0.25, -0.2) is 0 Å². The van der Waals surface area contributed by atoms with E-state index in [2.05, 4.69) is 31.2 Å². The second-order valence-electron chi connectivity index (χ2n) is 6.66. The van der Waals surface area contributed by atoms with Gasteiger partial charge in [-0.3, -0.25) is 9.48 Å². The third kappa shape index (κ3) is 3.94. The van der Waals surface area contributed by atoms with E-state index >= 15 is 0 Å². The molecule has 2 N–H and O–H groups in total. The van der Waals surface area contributed by atoms with Crippen LogP contribution >= 0.6 is 0 Å². The second-order valence-corrected chi connectivity index (χ2v) is 6.66. The molecule has 0 radical (unpaired) electrons. The predicted octanol–water partition coefficient (Wildman–Crippen LogP) is 2.86. The zero-order valence-corrected chi connectivity index (χ0v) is 14.9. The van der Waals surface area contributed by atoms with E-state index in [4.69, 9.17) is 4.74 Å². The molecule has 0 aliphatic heterocycles. The van der Waals surface area contributed by atoms with Crippen molar-refractivity contribution in [3.05, 3.63) is 41.2 Å². The molecule has 0 saturated heterocycles. The SMILES string of the molecule is CCOc1ccc(NC(=O)c2cc(C(C)(C)C)nn2C)cc1CO. The molecule has 0 bridgehead atoms. The molecule has 24 heavy (non-hydrogen) atoms. The van der Waals surface area contributed by atoms with E-state index in [-0.39, 0.29) is 17.9 Å². The van der Waals surface area contributed by atoms with E-state index in [1.807, 2.05) is 6.92 Å². The minimum absolute atomic E-state index is 0.126. The average molecular weight is 331 g/mol. The van der Waals surface area contributed by atoms with Gasteiger partial charge in [0, 0.05) is 23.7 Å². The van der Waals surface area contributed by atoms with Crippen LogP contribution in [0.4, 0.5) is 5.69 Å². The highest BCUT2D eigenvalue weighted by Crippen LogP contribution is 2.24. The van der Waals surface area contributed by atoms with Gasteiger partial charge in [0.05, 0.1) is 18.9 Å². The normalized spacial score (nSPS) is 11.4. The van der Waals surface area contributed by atoms with E-state index < -0.39 is 0 Å². The highest BCUT2D eigenvalue weighted by atomic mass is 16.5. The van der Waals surface area contributed by atoms with Crippen LogP contribution in [0.15, 0.2) is 24.3 Å². The largest absolute Gasteiger partial charge is 0.494 e. The summed E-state index contributed by atoms with van der Waals surface area (Å²) in [7, 11) is 1.75. The van der Waals surface area contributed by atoms with Crippen molar-refractivity contribution in [1.29, 1.82) is 0 Å². The van der Waals surface area contributed by atoms with Gasteiger partial charge in [0.15, 0.2) is 0 Å². The molecule has 6 nitrogen and oxygen atoms in total. The van der Waals surface area contributed by atoms with Crippen molar-refractivity contribution in [2.75, 3.05) is 11.9 Å². The van der Waals surface area contributed by atoms with Gasteiger partial charge in [-0.15, -0.1) is 0 Å². The molecule has 0 saturated carbocycles. The van der Waals surface area contributed by atoms with E-state index in [1.54, 1.807) is 36.0 Å². The summed E-state index contributed by atoms with van der Waals surface area (Å²) >= 11 is 0. The zero-order chi connectivity index (χ0) is 17.9. The molecule has 0 aliphatic rings. The minimum atomic E-state index is -0.242. The number of ether oxygens (including phenoxy) is 1. The number of aliphatic hydroxyl groups excluding tert-OH is 1. The minimum Gasteiger partial charge on any atom is -0.494 e. The van der Waals surface area contributed by atoms with Crippen LogP contribution in [-0.4, -0.2) is 27.4 Å². The molecular formula is C18H25N3O3. The lowest BCUT2D eigenvalue weighted by Crippen LogP contribution is -2.16. The molecule has 6 heteroatoms. The lowest BCUT2D eigenvalue weighted by atomic mass is 9.92. The number of hydrogen-bond donors (Lipinski definition) is 2. The number of hydrogen-bond acceptors (Lipinski definition) is 4. The van der Waals surface area contributed by atoms with Gasteiger partial charge in [-0.05, 0) is 31.2 Å². The van der Waals surface area contributed by atoms with Gasteiger partial charge in [0.25, 0.3) is 5.91 Å². The molecule has 2 rings (SSSR count). The highest BCUT2D eigenvalue weighted by molar-refractivity contribution is 6.03. The lowest BCUT2D eigenvalue weighted by Gasteiger charge is -2.13. The molecule has 1 aromatic heterocycles. The van der Waals surface area contributed by atoms with Crippen molar-refractivity contribution in [1.82, 2.24) is 9.78 Å². The van der Waals surface area contributed by atoms with Crippen LogP contribution < -0.4 is 10.1 Å². The highest BCUT2D eigenvalue weighted by Gasteiger charge is 2.21. The van der Waals surface area contributed by atoms with Gasteiger partial charge >= 0.3 is 0 Å². The van der Waals surface area contributed by atoms with E-state index in [0.717, 1.165) is 5.69 Å². The van der Waals surface area contributed by atoms with Gasteiger partial charge in [-0.2, -0.15) is 5.10 Å². The molecule has 1 aromatic carbocycles. The summed E-state index contributed by atoms with van der Waals surface area (Å²) in [5.74, 6) is 0.377. The first-order chi connectivity index (χ1) is 11.3. The molecule has 0 aliphatic carbocycles. The number of amides is 1. The summed E-state index contributed by atoms with van der Waals surface area (Å²) in [5.41, 5.74) is 2.46. The molecule has 2 aromatic rings. The number of anilines is 1. The average Bonchev–Trinajstić information content (AvgIpc) is 2.91. The number of aryl methyl sites for hydroxylation is 1. The Morgan fingerprint density at radius 3 is 2.58 bits per heavy atom. The molecule has 0 unspecified atom stereocenters. The first-order valence-corrected chi connectivity index (χ1v) is 7.98. The monoisotopic (exact) mass is 331 g/mol. The molecule has 130 valence electrons. The summed E-state index contributed by atoms with van der Waals surface area (Å²) in [4.78, 5) is 12.5. The van der Waals surface area contributed by atoms with Crippen LogP contribution in [0.2, 0.25) is 0 Å². The fourth-order valence-corrected chi connectivity index (χ4v) is 2.32. The number of aliphatic hydroxyl groups is 1. The van der Waals surface area contributed by atoms with Crippen molar-refractivity contribution in [2.24, 2.45) is 7.05 Å². The summed E-state index contributed by atoms with van der Waals surface area (Å²) in [6.07, 6.45) is 0. The summed E-state index contributed by atoms with van der Waals surface area (Å²) in [6, 6.07) is 7.01. The van der Waals surface area contributed by atoms with E-state index in [9.17, 15) is 9.90 Å². The zero-order valence-electron chi connectivity index (χ0n) is 14.9. The maximum absolute atomic E-state index is 12.5. The Kier molecular flexibility index (Phi) is 5.29. The van der Waals surface area contributed by atoms with Crippen molar-refractivity contribution in [2.45, 2.75) is 39.7 Å². The van der Waals surface area contributed by atoms with Crippen LogP contribution in [0.5, 0.6) is 5.75 Å². The number of nitrogens with one attached hydrogen (secondary N) is 1. The quantitative estimate of drug-likeness (QED) is 0.883. The molecule has 0 fully saturated rings. The second kappa shape index (κ2) is 7.05. The third-order valence-corrected chi connectivity index (χ3v) is 3.67. The van der Waals surface area contributed by atoms with Gasteiger partial charge in [0.2, 0.25) is 0 Å². The van der Waals surface area contributed by atoms with Crippen molar-refractivity contribution in [3.8, 4) is 5.75 Å². The summed E-state index contributed by atoms with van der Waals surface area (Å²) in [5, 5.41) is 16.7. The fraction of sp³-hybridized carbons (Fsp3) is 0.444. The number of carbonyl (C=O) groups is 1. The van der Waals surface area contributed by atoms with E-state index in [1.165, 1.54) is 0 Å². The number of aromatic nitrogens is 2. The van der Waals surface area contributed by atoms with Crippen molar-refractivity contribution >= 4 is 11.6 Å². The Labute approximate surface area is 142 Å². The Balaban J connectivity index is 2.22. The van der Waals surface area contributed by atoms with Crippen LogP contribution in [0, 0.1) is 0 Å². The topological polar surface area (TPSA) is 76.4 Å². The molecule has 1 amide bonds. The number of carbonyl (C=O) groups excluding carboxylic acids is 1. The van der Waals surface area contributed by atoms with Crippen LogP contribution in [0.1, 0.15) is 49.4 Å². The smallest absolute Gasteiger partial charge is 0.273 e. The molecule has 0 spiro atoms. The van der Waals surface area contributed by atoms with Crippen LogP contribution in [-0.2, 0) is 19.1 Å². The fourth-order valence-electron chi connectivity index (χ4n) is 2.32. The Bertz CT molecular complexity index is 730. The Hall–Kier alpha value is -2.34. The molecule has 1 heterocycles. The Morgan fingerprint density at radius 1 is 1.33 bits per heavy atom. The predicted molar refractivity (Wildman–Crippen MR) is 93.4 cm³/mol. The summed E-state index contributed by atoms with van der Waals surface area (Å²) < 4.78 is 7.03. The lowest BCUT2D eigenvalue weighted by molar-refractivity contribution is 0.101. The number of nitrogens with zero attached hydrogens (tertiary/aromatic N) is 2. The van der Waals surface area contributed by atoms with E-state index in [0.29, 0.717) is 29.3 Å². The van der Waals surface area contributed by atoms with Gasteiger partial charge in [0.1, 0.15) is 11.4 Å². The number of rotatable bonds is 5. The van der Waals surface area contributed by atoms with Gasteiger partial charge in [-0.1, -0.05) is 20.8 Å². The summed E-state index contributed by atoms with van der Waals surface area (Å²) in [6.45, 7) is 8.40.